The number of carbonyl (C=O) groups is 1. The van der Waals surface area contributed by atoms with Crippen molar-refractivity contribution in [3.05, 3.63) is 0 Å². The van der Waals surface area contributed by atoms with Crippen LogP contribution in [0.15, 0.2) is 0 Å². The first-order valence-corrected chi connectivity index (χ1v) is 0.908. The van der Waals surface area contributed by atoms with E-state index in [1.165, 1.54) is 0 Å². The van der Waals surface area contributed by atoms with Crippen molar-refractivity contribution >= 4 is 5.97 Å². The summed E-state index contributed by atoms with van der Waals surface area (Å²) in [4.78, 5) is 8.89. The fourth-order valence-electron chi connectivity index (χ4n) is 0. The van der Waals surface area contributed by atoms with Gasteiger partial charge in [-0.05, 0) is 6.92 Å². The van der Waals surface area contributed by atoms with Crippen molar-refractivity contribution in [1.29, 1.82) is 0 Å². The number of hydrogen-bond acceptors (Lipinski definition) is 2. The quantitative estimate of drug-likeness (QED) is 0.287. The maximum atomic E-state index is 8.89. The van der Waals surface area contributed by atoms with E-state index < -0.39 is 5.97 Å². The van der Waals surface area contributed by atoms with Gasteiger partial charge in [-0.1, -0.05) is 0 Å². The van der Waals surface area contributed by atoms with Gasteiger partial charge in [-0.2, -0.15) is 0 Å². The van der Waals surface area contributed by atoms with Crippen molar-refractivity contribution in [2.24, 2.45) is 0 Å². The molecule has 0 spiro atoms. The summed E-state index contributed by atoms with van der Waals surface area (Å²) in [5, 5.41) is 8.89. The Morgan fingerprint density at radius 3 is 1.67 bits per heavy atom. The molecule has 24 valence electrons. The molecule has 0 rings (SSSR count). The van der Waals surface area contributed by atoms with Crippen LogP contribution in [0.2, 0.25) is 0 Å². The molecule has 0 saturated heterocycles. The average Bonchev–Trinajstić information content (AvgIpc) is 0.811. The van der Waals surface area contributed by atoms with Crippen LogP contribution in [0.5, 0.6) is 0 Å². The molecule has 0 aliphatic carbocycles. The van der Waals surface area contributed by atoms with Crippen LogP contribution < -0.4 is 75.4 Å². The molecule has 2 nitrogen and oxygen atoms in total. The number of aliphatic carboxylic acids is 1. The third-order valence-electron chi connectivity index (χ3n) is 0. The molecule has 0 fully saturated rings. The normalized spacial score (nSPS) is 4.17. The topological polar surface area (TPSA) is 40.1 Å². The molecule has 0 atom stereocenters. The fourth-order valence-corrected chi connectivity index (χ4v) is 0. The Morgan fingerprint density at radius 1 is 1.67 bits per heavy atom. The first-order valence-electron chi connectivity index (χ1n) is 0.908. The van der Waals surface area contributed by atoms with E-state index in [0.717, 1.165) is 6.92 Å². The molecule has 0 amide bonds. The number of carboxylic acid groups (broad SMARTS) is 1. The van der Waals surface area contributed by atoms with Gasteiger partial charge in [0.25, 0.3) is 0 Å². The molecular weight excluding hydrogens is 102 g/mol. The van der Waals surface area contributed by atoms with Crippen LogP contribution in [0, 0.1) is 0 Å². The van der Waals surface area contributed by atoms with Crippen LogP contribution in [0.4, 0.5) is 0 Å². The van der Waals surface area contributed by atoms with Crippen LogP contribution in [-0.2, 0) is 4.79 Å². The zero-order valence-electron chi connectivity index (χ0n) is 4.32. The van der Waals surface area contributed by atoms with Crippen molar-refractivity contribution in [3.63, 3.8) is 0 Å². The predicted octanol–water partition coefficient (Wildman–Crippen LogP) is -7.24. The van der Waals surface area contributed by atoms with Crippen molar-refractivity contribution in [1.82, 2.24) is 0 Å². The van der Waals surface area contributed by atoms with E-state index in [1.54, 1.807) is 0 Å². The van der Waals surface area contributed by atoms with Gasteiger partial charge in [-0.25, -0.2) is 0 Å². The third kappa shape index (κ3) is 43.5. The fraction of sp³-hybridized carbons (Fsp3) is 0.500. The van der Waals surface area contributed by atoms with E-state index in [0.29, 0.717) is 0 Å². The largest absolute Gasteiger partial charge is 1.00 e. The molecule has 0 bridgehead atoms. The molecule has 0 heterocycles. The van der Waals surface area contributed by atoms with Crippen LogP contribution in [0.25, 0.3) is 0 Å². The molecule has 4 heteroatoms. The Hall–Kier alpha value is 1.70. The molecule has 0 aromatic carbocycles. The van der Waals surface area contributed by atoms with E-state index in [1.807, 2.05) is 0 Å². The molecule has 0 aliphatic rings. The third-order valence-corrected chi connectivity index (χ3v) is 0. The van der Waals surface area contributed by atoms with Gasteiger partial charge < -0.3 is 9.90 Å². The first kappa shape index (κ1) is 15.6. The number of carbonyl (C=O) groups excluding carboxylic acids is 1. The predicted molar refractivity (Wildman–Crippen MR) is 10.7 cm³/mol. The van der Waals surface area contributed by atoms with Gasteiger partial charge >= 0.3 is 70.2 Å². The molecule has 0 aromatic heterocycles. The number of hydrogen-bond donors (Lipinski definition) is 0. The van der Waals surface area contributed by atoms with E-state index in [-0.39, 0.29) is 70.2 Å². The Kier molecular flexibility index (Phi) is 25.7. The summed E-state index contributed by atoms with van der Waals surface area (Å²) < 4.78 is 0. The van der Waals surface area contributed by atoms with Crippen LogP contribution in [0.3, 0.4) is 0 Å². The number of carboxylic acids is 1. The Labute approximate surface area is 91.3 Å². The summed E-state index contributed by atoms with van der Waals surface area (Å²) in [6.07, 6.45) is 0. The summed E-state index contributed by atoms with van der Waals surface area (Å²) >= 11 is 0. The number of rotatable bonds is 0. The summed E-state index contributed by atoms with van der Waals surface area (Å²) in [6.45, 7) is 0.972. The Morgan fingerprint density at radius 2 is 1.67 bits per heavy atom. The molecular formula is C2H3KLiO2+. The van der Waals surface area contributed by atoms with Crippen LogP contribution in [-0.4, -0.2) is 5.97 Å². The SMILES string of the molecule is CC(=O)[O-].[K+].[Li+]. The average molecular weight is 105 g/mol. The zero-order valence-corrected chi connectivity index (χ0v) is 7.44. The maximum Gasteiger partial charge on any atom is 1.00 e. The van der Waals surface area contributed by atoms with Crippen LogP contribution >= 0.6 is 0 Å². The minimum atomic E-state index is -1.08. The molecule has 0 aromatic rings. The van der Waals surface area contributed by atoms with Crippen molar-refractivity contribution < 1.29 is 80.1 Å². The van der Waals surface area contributed by atoms with Crippen LogP contribution in [0.1, 0.15) is 6.92 Å². The van der Waals surface area contributed by atoms with Crippen molar-refractivity contribution in [3.8, 4) is 0 Å². The van der Waals surface area contributed by atoms with Gasteiger partial charge in [0.1, 0.15) is 0 Å². The summed E-state index contributed by atoms with van der Waals surface area (Å²) in [5.41, 5.74) is 0. The summed E-state index contributed by atoms with van der Waals surface area (Å²) in [6, 6.07) is 0. The van der Waals surface area contributed by atoms with E-state index in [2.05, 4.69) is 0 Å². The van der Waals surface area contributed by atoms with E-state index in [9.17, 15) is 0 Å². The molecule has 6 heavy (non-hydrogen) atoms. The minimum absolute atomic E-state index is 0. The monoisotopic (exact) mass is 105 g/mol. The molecule has 0 saturated carbocycles. The van der Waals surface area contributed by atoms with E-state index >= 15 is 0 Å². The smallest absolute Gasteiger partial charge is 0.550 e. The molecule has 0 unspecified atom stereocenters. The maximum absolute atomic E-state index is 8.89. The van der Waals surface area contributed by atoms with Crippen molar-refractivity contribution in [2.45, 2.75) is 6.92 Å². The van der Waals surface area contributed by atoms with E-state index in [4.69, 9.17) is 9.90 Å². The minimum Gasteiger partial charge on any atom is -0.550 e. The van der Waals surface area contributed by atoms with Gasteiger partial charge in [0.2, 0.25) is 0 Å². The second-order valence-corrected chi connectivity index (χ2v) is 0.492. The van der Waals surface area contributed by atoms with Gasteiger partial charge in [0.05, 0.1) is 0 Å². The molecule has 0 radical (unpaired) electrons. The Balaban J connectivity index is -0.0000000450. The second-order valence-electron chi connectivity index (χ2n) is 0.492. The van der Waals surface area contributed by atoms with Crippen molar-refractivity contribution in [2.75, 3.05) is 0 Å². The zero-order chi connectivity index (χ0) is 3.58. The Bertz CT molecular complexity index is 34.5. The second kappa shape index (κ2) is 9.86. The summed E-state index contributed by atoms with van der Waals surface area (Å²) in [7, 11) is 0. The molecule has 0 N–H and O–H groups in total. The van der Waals surface area contributed by atoms with Gasteiger partial charge in [0.15, 0.2) is 0 Å². The molecule has 0 aliphatic heterocycles. The van der Waals surface area contributed by atoms with Gasteiger partial charge in [0, 0.05) is 5.97 Å². The first-order chi connectivity index (χ1) is 1.73. The standard InChI is InChI=1S/C2H4O2.K.Li/c1-2(3)4;;/h1H3,(H,3,4);;/q;2*+1/p-1. The van der Waals surface area contributed by atoms with Gasteiger partial charge in [-0.3, -0.25) is 0 Å². The summed E-state index contributed by atoms with van der Waals surface area (Å²) in [5.74, 6) is -1.08. The van der Waals surface area contributed by atoms with Gasteiger partial charge in [-0.15, -0.1) is 0 Å².